The van der Waals surface area contributed by atoms with E-state index in [1.54, 1.807) is 6.92 Å². The van der Waals surface area contributed by atoms with E-state index in [0.29, 0.717) is 18.4 Å². The van der Waals surface area contributed by atoms with Crippen LogP contribution in [0.1, 0.15) is 40.8 Å². The fraction of sp³-hybridized carbons (Fsp3) is 0.350. The first kappa shape index (κ1) is 17.0. The minimum absolute atomic E-state index is 0.0793. The average Bonchev–Trinajstić information content (AvgIpc) is 2.61. The van der Waals surface area contributed by atoms with Crippen LogP contribution in [0.15, 0.2) is 29.1 Å². The van der Waals surface area contributed by atoms with Crippen LogP contribution < -0.4 is 10.5 Å². The van der Waals surface area contributed by atoms with Gasteiger partial charge in [0.2, 0.25) is 5.91 Å². The first-order valence-corrected chi connectivity index (χ1v) is 8.53. The lowest BCUT2D eigenvalue weighted by molar-refractivity contribution is -0.118. The summed E-state index contributed by atoms with van der Waals surface area (Å²) >= 11 is 0. The fourth-order valence-electron chi connectivity index (χ4n) is 3.58. The third-order valence-corrected chi connectivity index (χ3v) is 4.92. The van der Waals surface area contributed by atoms with Gasteiger partial charge in [-0.15, -0.1) is 0 Å². The molecule has 0 saturated heterocycles. The maximum atomic E-state index is 12.8. The number of aromatic amines is 1. The molecule has 1 aliphatic rings. The second kappa shape index (κ2) is 6.94. The zero-order chi connectivity index (χ0) is 18.0. The zero-order valence-electron chi connectivity index (χ0n) is 14.6. The summed E-state index contributed by atoms with van der Waals surface area (Å²) in [7, 11) is 0. The third kappa shape index (κ3) is 3.20. The van der Waals surface area contributed by atoms with E-state index in [2.05, 4.69) is 11.1 Å². The Kier molecular flexibility index (Phi) is 4.71. The maximum Gasteiger partial charge on any atom is 0.266 e. The molecule has 1 aromatic heterocycles. The summed E-state index contributed by atoms with van der Waals surface area (Å²) in [4.78, 5) is 29.2. The molecule has 25 heavy (non-hydrogen) atoms. The van der Waals surface area contributed by atoms with E-state index in [9.17, 15) is 9.59 Å². The van der Waals surface area contributed by atoms with Crippen molar-refractivity contribution < 1.29 is 4.79 Å². The van der Waals surface area contributed by atoms with E-state index in [1.165, 1.54) is 5.56 Å². The number of para-hydroxylation sites is 1. The second-order valence-electron chi connectivity index (χ2n) is 6.45. The molecule has 0 saturated carbocycles. The van der Waals surface area contributed by atoms with Gasteiger partial charge in [0.05, 0.1) is 0 Å². The van der Waals surface area contributed by atoms with E-state index in [-0.39, 0.29) is 17.0 Å². The molecule has 0 spiro atoms. The minimum atomic E-state index is -0.363. The molecule has 1 aliphatic heterocycles. The number of benzene rings is 1. The van der Waals surface area contributed by atoms with Crippen molar-refractivity contribution >= 4 is 11.6 Å². The molecule has 3 rings (SSSR count). The van der Waals surface area contributed by atoms with E-state index in [0.717, 1.165) is 36.3 Å². The highest BCUT2D eigenvalue weighted by Gasteiger charge is 2.22. The first-order valence-electron chi connectivity index (χ1n) is 8.53. The number of pyridine rings is 1. The molecule has 5 heteroatoms. The molecule has 0 unspecified atom stereocenters. The topological polar surface area (TPSA) is 77.0 Å². The van der Waals surface area contributed by atoms with Gasteiger partial charge in [-0.1, -0.05) is 18.2 Å². The van der Waals surface area contributed by atoms with E-state index >= 15 is 0 Å². The van der Waals surface area contributed by atoms with Gasteiger partial charge in [0, 0.05) is 24.3 Å². The quantitative estimate of drug-likeness (QED) is 0.937. The van der Waals surface area contributed by atoms with Crippen LogP contribution in [-0.2, 0) is 17.6 Å². The molecule has 0 atom stereocenters. The van der Waals surface area contributed by atoms with Gasteiger partial charge in [-0.25, -0.2) is 0 Å². The fourth-order valence-corrected chi connectivity index (χ4v) is 3.58. The Morgan fingerprint density at radius 2 is 2.08 bits per heavy atom. The number of nitrogens with zero attached hydrogens (tertiary/aromatic N) is 2. The number of nitriles is 1. The number of aryl methyl sites for hydroxylation is 2. The summed E-state index contributed by atoms with van der Waals surface area (Å²) in [6.45, 7) is 4.32. The van der Waals surface area contributed by atoms with Gasteiger partial charge in [-0.2, -0.15) is 5.26 Å². The molecule has 5 nitrogen and oxygen atoms in total. The van der Waals surface area contributed by atoms with E-state index < -0.39 is 0 Å². The summed E-state index contributed by atoms with van der Waals surface area (Å²) in [5, 5.41) is 9.16. The highest BCUT2D eigenvalue weighted by Crippen LogP contribution is 2.27. The van der Waals surface area contributed by atoms with Crippen LogP contribution in [0.25, 0.3) is 0 Å². The molecule has 0 bridgehead atoms. The predicted molar refractivity (Wildman–Crippen MR) is 96.7 cm³/mol. The molecule has 0 radical (unpaired) electrons. The van der Waals surface area contributed by atoms with Crippen LogP contribution in [-0.4, -0.2) is 17.4 Å². The van der Waals surface area contributed by atoms with Crippen LogP contribution in [0, 0.1) is 25.2 Å². The monoisotopic (exact) mass is 335 g/mol. The Labute approximate surface area is 146 Å². The Morgan fingerprint density at radius 3 is 2.84 bits per heavy atom. The smallest absolute Gasteiger partial charge is 0.266 e. The zero-order valence-corrected chi connectivity index (χ0v) is 14.6. The van der Waals surface area contributed by atoms with E-state index in [4.69, 9.17) is 5.26 Å². The second-order valence-corrected chi connectivity index (χ2v) is 6.45. The van der Waals surface area contributed by atoms with Crippen molar-refractivity contribution in [3.8, 4) is 6.07 Å². The molecule has 2 aromatic rings. The van der Waals surface area contributed by atoms with Gasteiger partial charge >= 0.3 is 0 Å². The lowest BCUT2D eigenvalue weighted by Crippen LogP contribution is -2.35. The van der Waals surface area contributed by atoms with Crippen molar-refractivity contribution in [1.82, 2.24) is 4.98 Å². The molecule has 1 aromatic carbocycles. The number of carbonyl (C=O) groups is 1. The number of fused-ring (bicyclic) bond motifs is 1. The molecule has 0 aliphatic carbocycles. The summed E-state index contributed by atoms with van der Waals surface area (Å²) in [5.41, 5.74) is 4.28. The molecule has 2 heterocycles. The lowest BCUT2D eigenvalue weighted by atomic mass is 9.97. The highest BCUT2D eigenvalue weighted by molar-refractivity contribution is 5.94. The molecule has 1 amide bonds. The summed E-state index contributed by atoms with van der Waals surface area (Å²) in [5.74, 6) is 0.0793. The molecule has 1 N–H and O–H groups in total. The Hall–Kier alpha value is -2.87. The van der Waals surface area contributed by atoms with Crippen molar-refractivity contribution in [1.29, 1.82) is 5.26 Å². The number of hydrogen-bond donors (Lipinski definition) is 1. The lowest BCUT2D eigenvalue weighted by Gasteiger charge is -2.29. The number of rotatable bonds is 3. The number of nitrogens with one attached hydrogen (secondary N) is 1. The average molecular weight is 335 g/mol. The third-order valence-electron chi connectivity index (χ3n) is 4.92. The number of hydrogen-bond acceptors (Lipinski definition) is 3. The van der Waals surface area contributed by atoms with Gasteiger partial charge in [-0.3, -0.25) is 9.59 Å². The van der Waals surface area contributed by atoms with Crippen molar-refractivity contribution in [2.75, 3.05) is 11.4 Å². The summed E-state index contributed by atoms with van der Waals surface area (Å²) < 4.78 is 0. The Balaban J connectivity index is 1.81. The normalized spacial score (nSPS) is 13.2. The number of carbonyl (C=O) groups excluding carboxylic acids is 1. The Morgan fingerprint density at radius 1 is 1.32 bits per heavy atom. The van der Waals surface area contributed by atoms with Crippen LogP contribution in [0.3, 0.4) is 0 Å². The van der Waals surface area contributed by atoms with Gasteiger partial charge in [0.25, 0.3) is 5.56 Å². The minimum Gasteiger partial charge on any atom is -0.325 e. The van der Waals surface area contributed by atoms with Gasteiger partial charge < -0.3 is 9.88 Å². The summed E-state index contributed by atoms with van der Waals surface area (Å²) in [6, 6.07) is 9.99. The van der Waals surface area contributed by atoms with Crippen molar-refractivity contribution in [2.45, 2.75) is 39.5 Å². The van der Waals surface area contributed by atoms with Gasteiger partial charge in [-0.05, 0) is 55.9 Å². The van der Waals surface area contributed by atoms with Crippen LogP contribution in [0.2, 0.25) is 0 Å². The molecular weight excluding hydrogens is 314 g/mol. The summed E-state index contributed by atoms with van der Waals surface area (Å²) in [6.07, 6.45) is 2.84. The van der Waals surface area contributed by atoms with Crippen molar-refractivity contribution in [2.24, 2.45) is 0 Å². The van der Waals surface area contributed by atoms with Crippen LogP contribution in [0.5, 0.6) is 0 Å². The predicted octanol–water partition coefficient (Wildman–Crippen LogP) is 2.78. The van der Waals surface area contributed by atoms with Crippen molar-refractivity contribution in [3.63, 3.8) is 0 Å². The number of aromatic nitrogens is 1. The molecule has 128 valence electrons. The van der Waals surface area contributed by atoms with E-state index in [1.807, 2.05) is 36.1 Å². The highest BCUT2D eigenvalue weighted by atomic mass is 16.2. The molecule has 0 fully saturated rings. The SMILES string of the molecule is Cc1[nH]c(=O)c(C#N)c(C)c1CCC(=O)N1CCCc2ccccc21. The van der Waals surface area contributed by atoms with Gasteiger partial charge in [0.15, 0.2) is 0 Å². The van der Waals surface area contributed by atoms with Crippen LogP contribution in [0.4, 0.5) is 5.69 Å². The standard InChI is InChI=1S/C20H21N3O2/c1-13-16(14(2)22-20(25)17(13)12-21)9-10-19(24)23-11-5-7-15-6-3-4-8-18(15)23/h3-4,6,8H,5,7,9-11H2,1-2H3,(H,22,25). The number of anilines is 1. The Bertz CT molecular complexity index is 922. The molecular formula is C20H21N3O2. The van der Waals surface area contributed by atoms with Crippen molar-refractivity contribution in [3.05, 3.63) is 62.6 Å². The largest absolute Gasteiger partial charge is 0.325 e. The maximum absolute atomic E-state index is 12.8. The van der Waals surface area contributed by atoms with Gasteiger partial charge in [0.1, 0.15) is 11.6 Å². The number of H-pyrrole nitrogens is 1. The van der Waals surface area contributed by atoms with Crippen LogP contribution >= 0.6 is 0 Å². The first-order chi connectivity index (χ1) is 12.0. The number of amides is 1.